The molecule has 0 fully saturated rings. The van der Waals surface area contributed by atoms with E-state index in [0.717, 1.165) is 5.56 Å². The van der Waals surface area contributed by atoms with Crippen molar-refractivity contribution in [2.45, 2.75) is 18.9 Å². The Morgan fingerprint density at radius 3 is 2.36 bits per heavy atom. The predicted molar refractivity (Wildman–Crippen MR) is 122 cm³/mol. The number of phenols is 1. The van der Waals surface area contributed by atoms with Crippen LogP contribution < -0.4 is 11.1 Å². The Morgan fingerprint density at radius 2 is 1.73 bits per heavy atom. The van der Waals surface area contributed by atoms with Crippen LogP contribution in [0.2, 0.25) is 0 Å². The summed E-state index contributed by atoms with van der Waals surface area (Å²) in [5.41, 5.74) is 6.89. The third-order valence-corrected chi connectivity index (χ3v) is 4.88. The lowest BCUT2D eigenvalue weighted by atomic mass is 10.0. The van der Waals surface area contributed by atoms with Gasteiger partial charge >= 0.3 is 0 Å². The van der Waals surface area contributed by atoms with E-state index in [0.29, 0.717) is 18.4 Å². The van der Waals surface area contributed by atoms with Crippen LogP contribution in [0.15, 0.2) is 72.8 Å². The Bertz CT molecular complexity index is 1230. The average molecular weight is 443 g/mol. The molecule has 3 aromatic carbocycles. The molecule has 3 aromatic rings. The molecule has 4 N–H and O–H groups in total. The minimum Gasteiger partial charge on any atom is -0.508 e. The third kappa shape index (κ3) is 6.42. The van der Waals surface area contributed by atoms with Crippen LogP contribution >= 0.6 is 0 Å². The highest BCUT2D eigenvalue weighted by Gasteiger charge is 2.21. The number of aromatic hydroxyl groups is 1. The number of primary amides is 1. The number of nitro benzene ring substituents is 1. The predicted octanol–water partition coefficient (Wildman–Crippen LogP) is 2.92. The quantitative estimate of drug-likeness (QED) is 0.293. The first-order valence-electron chi connectivity index (χ1n) is 10.1. The summed E-state index contributed by atoms with van der Waals surface area (Å²) in [7, 11) is 0. The van der Waals surface area contributed by atoms with Crippen molar-refractivity contribution in [3.63, 3.8) is 0 Å². The minimum absolute atomic E-state index is 0.0423. The SMILES string of the molecule is NC(=O)[C@H](CCc1ccccc1)NC(=O)c1ccc([N+](=O)[O-])c(C#Cc2ccc(O)cc2)c1. The molecular formula is C25H21N3O5. The van der Waals surface area contributed by atoms with Crippen molar-refractivity contribution in [3.05, 3.63) is 105 Å². The fourth-order valence-corrected chi connectivity index (χ4v) is 3.10. The summed E-state index contributed by atoms with van der Waals surface area (Å²) in [5, 5.41) is 23.3. The van der Waals surface area contributed by atoms with Crippen molar-refractivity contribution in [1.29, 1.82) is 0 Å². The molecule has 0 aliphatic heterocycles. The van der Waals surface area contributed by atoms with Gasteiger partial charge in [0.1, 0.15) is 17.4 Å². The zero-order valence-corrected chi connectivity index (χ0v) is 17.5. The average Bonchev–Trinajstić information content (AvgIpc) is 2.81. The Labute approximate surface area is 190 Å². The molecule has 0 heterocycles. The zero-order valence-electron chi connectivity index (χ0n) is 17.5. The van der Waals surface area contributed by atoms with Gasteiger partial charge in [0.05, 0.1) is 4.92 Å². The first-order chi connectivity index (χ1) is 15.8. The third-order valence-electron chi connectivity index (χ3n) is 4.88. The Hall–Kier alpha value is -4.64. The summed E-state index contributed by atoms with van der Waals surface area (Å²) < 4.78 is 0. The first kappa shape index (κ1) is 23.0. The van der Waals surface area contributed by atoms with E-state index >= 15 is 0 Å². The van der Waals surface area contributed by atoms with Crippen LogP contribution in [0, 0.1) is 22.0 Å². The maximum Gasteiger partial charge on any atom is 0.284 e. The monoisotopic (exact) mass is 443 g/mol. The molecule has 0 radical (unpaired) electrons. The van der Waals surface area contributed by atoms with Gasteiger partial charge in [-0.15, -0.1) is 0 Å². The Kier molecular flexibility index (Phi) is 7.39. The molecule has 0 aliphatic carbocycles. The number of nitrogens with two attached hydrogens (primary N) is 1. The molecule has 0 saturated carbocycles. The highest BCUT2D eigenvalue weighted by atomic mass is 16.6. The van der Waals surface area contributed by atoms with Crippen LogP contribution in [0.4, 0.5) is 5.69 Å². The van der Waals surface area contributed by atoms with E-state index in [1.54, 1.807) is 12.1 Å². The number of amides is 2. The maximum absolute atomic E-state index is 12.8. The van der Waals surface area contributed by atoms with Crippen LogP contribution in [0.3, 0.4) is 0 Å². The lowest BCUT2D eigenvalue weighted by molar-refractivity contribution is -0.385. The zero-order chi connectivity index (χ0) is 23.8. The van der Waals surface area contributed by atoms with Crippen molar-refractivity contribution in [2.75, 3.05) is 0 Å². The van der Waals surface area contributed by atoms with E-state index in [4.69, 9.17) is 5.73 Å². The molecule has 0 aromatic heterocycles. The van der Waals surface area contributed by atoms with Crippen LogP contribution in [-0.4, -0.2) is 27.9 Å². The Balaban J connectivity index is 1.80. The number of nitro groups is 1. The van der Waals surface area contributed by atoms with Gasteiger partial charge in [0.2, 0.25) is 5.91 Å². The maximum atomic E-state index is 12.8. The number of nitrogens with one attached hydrogen (secondary N) is 1. The molecule has 0 spiro atoms. The van der Waals surface area contributed by atoms with E-state index in [2.05, 4.69) is 17.2 Å². The molecule has 1 atom stereocenters. The van der Waals surface area contributed by atoms with E-state index in [1.807, 2.05) is 30.3 Å². The van der Waals surface area contributed by atoms with Crippen LogP contribution in [0.1, 0.15) is 33.5 Å². The van der Waals surface area contributed by atoms with E-state index < -0.39 is 22.8 Å². The number of carbonyl (C=O) groups excluding carboxylic acids is 2. The van der Waals surface area contributed by atoms with Crippen molar-refractivity contribution < 1.29 is 19.6 Å². The lowest BCUT2D eigenvalue weighted by Gasteiger charge is -2.15. The number of carbonyl (C=O) groups is 2. The summed E-state index contributed by atoms with van der Waals surface area (Å²) in [5.74, 6) is 4.29. The highest BCUT2D eigenvalue weighted by Crippen LogP contribution is 2.20. The largest absolute Gasteiger partial charge is 0.508 e. The molecule has 33 heavy (non-hydrogen) atoms. The number of rotatable bonds is 7. The van der Waals surface area contributed by atoms with E-state index in [1.165, 1.54) is 30.3 Å². The van der Waals surface area contributed by atoms with Crippen molar-refractivity contribution in [1.82, 2.24) is 5.32 Å². The molecule has 0 unspecified atom stereocenters. The number of hydrogen-bond donors (Lipinski definition) is 3. The van der Waals surface area contributed by atoms with Crippen molar-refractivity contribution in [2.24, 2.45) is 5.73 Å². The van der Waals surface area contributed by atoms with Gasteiger partial charge in [-0.25, -0.2) is 0 Å². The molecular weight excluding hydrogens is 422 g/mol. The number of nitrogens with zero attached hydrogens (tertiary/aromatic N) is 1. The lowest BCUT2D eigenvalue weighted by Crippen LogP contribution is -2.44. The fourth-order valence-electron chi connectivity index (χ4n) is 3.10. The molecule has 8 heteroatoms. The van der Waals surface area contributed by atoms with Gasteiger partial charge in [0, 0.05) is 17.2 Å². The second-order valence-electron chi connectivity index (χ2n) is 7.24. The Morgan fingerprint density at radius 1 is 1.03 bits per heavy atom. The van der Waals surface area contributed by atoms with Gasteiger partial charge in [0.25, 0.3) is 11.6 Å². The summed E-state index contributed by atoms with van der Waals surface area (Å²) in [6.07, 6.45) is 0.851. The fraction of sp³-hybridized carbons (Fsp3) is 0.120. The normalized spacial score (nSPS) is 11.0. The molecule has 0 saturated heterocycles. The standard InChI is InChI=1S/C25H21N3O5/c26-24(30)22(14-9-17-4-2-1-3-5-17)27-25(31)20-11-15-23(28(32)33)19(16-20)10-6-18-7-12-21(29)13-8-18/h1-5,7-8,11-13,15-16,22,29H,9,14H2,(H2,26,30)(H,27,31)/t22-/m0/s1. The van der Waals surface area contributed by atoms with Gasteiger partial charge < -0.3 is 16.2 Å². The van der Waals surface area contributed by atoms with Crippen LogP contribution in [0.25, 0.3) is 0 Å². The first-order valence-corrected chi connectivity index (χ1v) is 10.1. The van der Waals surface area contributed by atoms with Gasteiger partial charge in [-0.05, 0) is 54.8 Å². The van der Waals surface area contributed by atoms with Gasteiger partial charge in [-0.1, -0.05) is 42.2 Å². The summed E-state index contributed by atoms with van der Waals surface area (Å²) in [6, 6.07) is 18.4. The van der Waals surface area contributed by atoms with E-state index in [9.17, 15) is 24.8 Å². The number of hydrogen-bond acceptors (Lipinski definition) is 5. The van der Waals surface area contributed by atoms with Crippen LogP contribution in [-0.2, 0) is 11.2 Å². The summed E-state index contributed by atoms with van der Waals surface area (Å²) in [4.78, 5) is 35.4. The van der Waals surface area contributed by atoms with Gasteiger partial charge in [-0.3, -0.25) is 19.7 Å². The van der Waals surface area contributed by atoms with Crippen molar-refractivity contribution in [3.8, 4) is 17.6 Å². The molecule has 8 nitrogen and oxygen atoms in total. The number of aryl methyl sites for hydroxylation is 1. The number of phenolic OH excluding ortho intramolecular Hbond substituents is 1. The van der Waals surface area contributed by atoms with Gasteiger partial charge in [-0.2, -0.15) is 0 Å². The number of benzene rings is 3. The smallest absolute Gasteiger partial charge is 0.284 e. The molecule has 166 valence electrons. The van der Waals surface area contributed by atoms with Gasteiger partial charge in [0.15, 0.2) is 0 Å². The highest BCUT2D eigenvalue weighted by molar-refractivity contribution is 5.98. The second kappa shape index (κ2) is 10.6. The summed E-state index contributed by atoms with van der Waals surface area (Å²) >= 11 is 0. The van der Waals surface area contributed by atoms with E-state index in [-0.39, 0.29) is 22.6 Å². The molecule has 2 amide bonds. The molecule has 0 aliphatic rings. The van der Waals surface area contributed by atoms with Crippen molar-refractivity contribution >= 4 is 17.5 Å². The topological polar surface area (TPSA) is 136 Å². The van der Waals surface area contributed by atoms with Crippen LogP contribution in [0.5, 0.6) is 5.75 Å². The molecule has 0 bridgehead atoms. The summed E-state index contributed by atoms with van der Waals surface area (Å²) in [6.45, 7) is 0. The molecule has 3 rings (SSSR count). The second-order valence-corrected chi connectivity index (χ2v) is 7.24. The minimum atomic E-state index is -0.903.